The van der Waals surface area contributed by atoms with E-state index in [1.807, 2.05) is 71.9 Å². The van der Waals surface area contributed by atoms with Gasteiger partial charge in [0, 0.05) is 26.4 Å². The molecular weight excluding hydrogens is 402 g/mol. The van der Waals surface area contributed by atoms with Gasteiger partial charge in [0.05, 0.1) is 11.6 Å². The fourth-order valence-corrected chi connectivity index (χ4v) is 2.43. The van der Waals surface area contributed by atoms with Gasteiger partial charge in [-0.05, 0) is 24.3 Å². The van der Waals surface area contributed by atoms with Gasteiger partial charge in [-0.15, -0.1) is 0 Å². The summed E-state index contributed by atoms with van der Waals surface area (Å²) in [6.45, 7) is 11.4. The van der Waals surface area contributed by atoms with E-state index in [9.17, 15) is 9.59 Å². The van der Waals surface area contributed by atoms with Crippen LogP contribution in [0, 0.1) is 22.2 Å². The highest BCUT2D eigenvalue weighted by Crippen LogP contribution is 2.22. The van der Waals surface area contributed by atoms with E-state index in [1.165, 1.54) is 0 Å². The standard InChI is InChI=1S/C12H13NO.C11H13BrO/c1-12(2,3)11(14)10-6-4-9(8-13)5-7-10;1-11(2,3)10(13)8-4-6-9(12)7-5-8/h4-7H,1-3H3;4-7H,1-3H3. The molecule has 0 aromatic heterocycles. The molecule has 0 bridgehead atoms. The van der Waals surface area contributed by atoms with Crippen LogP contribution in [0.25, 0.3) is 0 Å². The van der Waals surface area contributed by atoms with Crippen LogP contribution in [0.1, 0.15) is 67.8 Å². The van der Waals surface area contributed by atoms with E-state index >= 15 is 0 Å². The normalized spacial score (nSPS) is 11.0. The van der Waals surface area contributed by atoms with E-state index < -0.39 is 0 Å². The molecule has 0 saturated heterocycles. The first-order valence-corrected chi connectivity index (χ1v) is 9.51. The first kappa shape index (κ1) is 22.8. The van der Waals surface area contributed by atoms with Crippen LogP contribution >= 0.6 is 15.9 Å². The molecule has 0 unspecified atom stereocenters. The van der Waals surface area contributed by atoms with Gasteiger partial charge < -0.3 is 0 Å². The lowest BCUT2D eigenvalue weighted by atomic mass is 9.86. The maximum Gasteiger partial charge on any atom is 0.168 e. The minimum Gasteiger partial charge on any atom is -0.294 e. The van der Waals surface area contributed by atoms with Crippen molar-refractivity contribution in [3.63, 3.8) is 0 Å². The van der Waals surface area contributed by atoms with Gasteiger partial charge in [0.15, 0.2) is 11.6 Å². The topological polar surface area (TPSA) is 57.9 Å². The molecule has 142 valence electrons. The fourth-order valence-electron chi connectivity index (χ4n) is 2.16. The molecule has 3 nitrogen and oxygen atoms in total. The van der Waals surface area contributed by atoms with Crippen molar-refractivity contribution in [1.29, 1.82) is 5.26 Å². The zero-order valence-corrected chi connectivity index (χ0v) is 18.3. The summed E-state index contributed by atoms with van der Waals surface area (Å²) in [5.74, 6) is 0.280. The van der Waals surface area contributed by atoms with Crippen molar-refractivity contribution >= 4 is 27.5 Å². The minimum atomic E-state index is -0.367. The summed E-state index contributed by atoms with van der Waals surface area (Å²) in [5, 5.41) is 8.59. The lowest BCUT2D eigenvalue weighted by molar-refractivity contribution is 0.0852. The number of nitriles is 1. The molecule has 0 amide bonds. The molecule has 0 saturated carbocycles. The molecular formula is C23H26BrNO2. The Balaban J connectivity index is 0.000000271. The van der Waals surface area contributed by atoms with Crippen molar-refractivity contribution in [2.75, 3.05) is 0 Å². The Morgan fingerprint density at radius 3 is 1.37 bits per heavy atom. The number of rotatable bonds is 2. The second-order valence-electron chi connectivity index (χ2n) is 8.35. The number of hydrogen-bond donors (Lipinski definition) is 0. The quantitative estimate of drug-likeness (QED) is 0.516. The van der Waals surface area contributed by atoms with Gasteiger partial charge in [-0.1, -0.05) is 81.7 Å². The summed E-state index contributed by atoms with van der Waals surface area (Å²) in [4.78, 5) is 23.5. The van der Waals surface area contributed by atoms with Crippen LogP contribution in [0.15, 0.2) is 53.0 Å². The number of hydrogen-bond acceptors (Lipinski definition) is 3. The molecule has 4 heteroatoms. The van der Waals surface area contributed by atoms with Gasteiger partial charge in [0.25, 0.3) is 0 Å². The molecule has 0 aliphatic carbocycles. The molecule has 0 heterocycles. The van der Waals surface area contributed by atoms with Gasteiger partial charge in [-0.2, -0.15) is 5.26 Å². The molecule has 2 aromatic rings. The summed E-state index contributed by atoms with van der Waals surface area (Å²) >= 11 is 3.33. The Hall–Kier alpha value is -2.25. The number of carbonyl (C=O) groups is 2. The summed E-state index contributed by atoms with van der Waals surface area (Å²) in [7, 11) is 0. The third kappa shape index (κ3) is 7.11. The van der Waals surface area contributed by atoms with Crippen molar-refractivity contribution < 1.29 is 9.59 Å². The van der Waals surface area contributed by atoms with Crippen LogP contribution in [0.2, 0.25) is 0 Å². The molecule has 0 radical (unpaired) electrons. The zero-order chi connectivity index (χ0) is 20.8. The second-order valence-corrected chi connectivity index (χ2v) is 9.27. The average Bonchev–Trinajstić information content (AvgIpc) is 2.60. The maximum atomic E-state index is 11.8. The third-order valence-electron chi connectivity index (χ3n) is 3.74. The molecule has 0 N–H and O–H groups in total. The Morgan fingerprint density at radius 2 is 1.07 bits per heavy atom. The predicted molar refractivity (Wildman–Crippen MR) is 113 cm³/mol. The van der Waals surface area contributed by atoms with Crippen molar-refractivity contribution in [1.82, 2.24) is 0 Å². The lowest BCUT2D eigenvalue weighted by Crippen LogP contribution is -2.19. The van der Waals surface area contributed by atoms with Crippen molar-refractivity contribution in [3.8, 4) is 6.07 Å². The van der Waals surface area contributed by atoms with Crippen LogP contribution in [-0.4, -0.2) is 11.6 Å². The monoisotopic (exact) mass is 427 g/mol. The number of nitrogens with zero attached hydrogens (tertiary/aromatic N) is 1. The smallest absolute Gasteiger partial charge is 0.168 e. The molecule has 0 fully saturated rings. The SMILES string of the molecule is CC(C)(C)C(=O)c1ccc(Br)cc1.CC(C)(C)C(=O)c1ccc(C#N)cc1. The predicted octanol–water partition coefficient (Wildman–Crippen LogP) is 6.46. The van der Waals surface area contributed by atoms with Gasteiger partial charge >= 0.3 is 0 Å². The first-order chi connectivity index (χ1) is 12.4. The highest BCUT2D eigenvalue weighted by Gasteiger charge is 2.23. The molecule has 2 aromatic carbocycles. The summed E-state index contributed by atoms with van der Waals surface area (Å²) in [6.07, 6.45) is 0. The summed E-state index contributed by atoms with van der Waals surface area (Å²) in [6, 6.07) is 16.2. The Bertz CT molecular complexity index is 830. The van der Waals surface area contributed by atoms with Crippen LogP contribution in [0.3, 0.4) is 0 Å². The number of Topliss-reactive ketones (excluding diaryl/α,β-unsaturated/α-hetero) is 2. The highest BCUT2D eigenvalue weighted by molar-refractivity contribution is 9.10. The van der Waals surface area contributed by atoms with E-state index in [-0.39, 0.29) is 22.4 Å². The molecule has 0 aliphatic rings. The minimum absolute atomic E-state index is 0.0991. The van der Waals surface area contributed by atoms with E-state index in [4.69, 9.17) is 5.26 Å². The van der Waals surface area contributed by atoms with E-state index in [1.54, 1.807) is 24.3 Å². The van der Waals surface area contributed by atoms with Crippen LogP contribution in [0.5, 0.6) is 0 Å². The van der Waals surface area contributed by atoms with Gasteiger partial charge in [0.1, 0.15) is 0 Å². The Labute approximate surface area is 170 Å². The largest absolute Gasteiger partial charge is 0.294 e. The number of benzene rings is 2. The molecule has 0 aliphatic heterocycles. The van der Waals surface area contributed by atoms with Gasteiger partial charge in [-0.25, -0.2) is 0 Å². The second kappa shape index (κ2) is 9.10. The molecule has 27 heavy (non-hydrogen) atoms. The molecule has 0 spiro atoms. The van der Waals surface area contributed by atoms with Crippen molar-refractivity contribution in [3.05, 3.63) is 69.7 Å². The van der Waals surface area contributed by atoms with Gasteiger partial charge in [0.2, 0.25) is 0 Å². The Morgan fingerprint density at radius 1 is 0.741 bits per heavy atom. The maximum absolute atomic E-state index is 11.8. The van der Waals surface area contributed by atoms with Crippen molar-refractivity contribution in [2.45, 2.75) is 41.5 Å². The lowest BCUT2D eigenvalue weighted by Gasteiger charge is -2.16. The van der Waals surface area contributed by atoms with E-state index in [0.29, 0.717) is 11.1 Å². The van der Waals surface area contributed by atoms with E-state index in [2.05, 4.69) is 15.9 Å². The van der Waals surface area contributed by atoms with Crippen LogP contribution < -0.4 is 0 Å². The summed E-state index contributed by atoms with van der Waals surface area (Å²) in [5.41, 5.74) is 1.35. The van der Waals surface area contributed by atoms with E-state index in [0.717, 1.165) is 10.0 Å². The first-order valence-electron chi connectivity index (χ1n) is 8.71. The number of halogens is 1. The van der Waals surface area contributed by atoms with Crippen molar-refractivity contribution in [2.24, 2.45) is 10.8 Å². The van der Waals surface area contributed by atoms with Crippen LogP contribution in [-0.2, 0) is 0 Å². The average molecular weight is 428 g/mol. The molecule has 2 rings (SSSR count). The fraction of sp³-hybridized carbons (Fsp3) is 0.348. The zero-order valence-electron chi connectivity index (χ0n) is 16.8. The summed E-state index contributed by atoms with van der Waals surface area (Å²) < 4.78 is 0.998. The third-order valence-corrected chi connectivity index (χ3v) is 4.27. The molecule has 0 atom stereocenters. The highest BCUT2D eigenvalue weighted by atomic mass is 79.9. The van der Waals surface area contributed by atoms with Crippen LogP contribution in [0.4, 0.5) is 0 Å². The van der Waals surface area contributed by atoms with Gasteiger partial charge in [-0.3, -0.25) is 9.59 Å². The number of carbonyl (C=O) groups excluding carboxylic acids is 2. The number of ketones is 2. The Kier molecular flexibility index (Phi) is 7.68.